The monoisotopic (exact) mass is 372 g/mol. The molecule has 2 atom stereocenters. The van der Waals surface area contributed by atoms with Crippen LogP contribution in [0.5, 0.6) is 0 Å². The molecule has 0 spiro atoms. The molecule has 0 radical (unpaired) electrons. The highest BCUT2D eigenvalue weighted by molar-refractivity contribution is 5.62. The summed E-state index contributed by atoms with van der Waals surface area (Å²) in [6.07, 6.45) is -2.83. The molecule has 1 aliphatic heterocycles. The zero-order valence-corrected chi connectivity index (χ0v) is 14.0. The van der Waals surface area contributed by atoms with Gasteiger partial charge in [0.15, 0.2) is 0 Å². The van der Waals surface area contributed by atoms with E-state index in [2.05, 4.69) is 10.5 Å². The second-order valence-corrected chi connectivity index (χ2v) is 5.98. The summed E-state index contributed by atoms with van der Waals surface area (Å²) in [6.45, 7) is 1.80. The smallest absolute Gasteiger partial charge is 0.416 e. The van der Waals surface area contributed by atoms with Gasteiger partial charge in [0, 0.05) is 24.9 Å². The number of nitrogens with one attached hydrogen (secondary N) is 2. The lowest BCUT2D eigenvalue weighted by Crippen LogP contribution is -2.30. The van der Waals surface area contributed by atoms with Gasteiger partial charge in [0.05, 0.1) is 5.56 Å². The summed E-state index contributed by atoms with van der Waals surface area (Å²) in [6, 6.07) is 6.56. The first kappa shape index (κ1) is 19.8. The van der Waals surface area contributed by atoms with Crippen LogP contribution < -0.4 is 10.9 Å². The Morgan fingerprint density at radius 1 is 1.27 bits per heavy atom. The highest BCUT2D eigenvalue weighted by atomic mass is 19.4. The maximum Gasteiger partial charge on any atom is 0.416 e. The van der Waals surface area contributed by atoms with Crippen LogP contribution in [0, 0.1) is 0 Å². The predicted molar refractivity (Wildman–Crippen MR) is 86.8 cm³/mol. The van der Waals surface area contributed by atoms with E-state index in [0.717, 1.165) is 31.0 Å². The first-order valence-electron chi connectivity index (χ1n) is 7.95. The Morgan fingerprint density at radius 2 is 1.88 bits per heavy atom. The van der Waals surface area contributed by atoms with Gasteiger partial charge in [-0.05, 0) is 37.1 Å². The fraction of sp³-hybridized carbons (Fsp3) is 0.412. The second-order valence-electron chi connectivity index (χ2n) is 5.98. The largest absolute Gasteiger partial charge is 0.481 e. The lowest BCUT2D eigenvalue weighted by molar-refractivity contribution is -0.137. The standard InChI is InChI=1S/C15H15F3N2O2.C2H4O2/c16-15(17,18)11-3-1-9(2-4-11)12-7-10(5-6-19-12)13-8-14(21)20-22-13;1-2(3)4/h1-4,8,10,12,19H,5-7H2,(H,20,21);1H3,(H,3,4)/t10-,12-;/m1./s1. The van der Waals surface area contributed by atoms with E-state index in [0.29, 0.717) is 18.7 Å². The summed E-state index contributed by atoms with van der Waals surface area (Å²) in [5.74, 6) is -0.157. The number of hydrogen-bond donors (Lipinski definition) is 3. The van der Waals surface area contributed by atoms with Crippen LogP contribution >= 0.6 is 0 Å². The Balaban J connectivity index is 0.000000552. The van der Waals surface area contributed by atoms with Crippen molar-refractivity contribution in [3.63, 3.8) is 0 Å². The molecule has 3 rings (SSSR count). The number of carboxylic acids is 1. The third-order valence-electron chi connectivity index (χ3n) is 3.99. The zero-order chi connectivity index (χ0) is 19.3. The molecule has 0 aliphatic carbocycles. The van der Waals surface area contributed by atoms with Crippen LogP contribution in [0.1, 0.15) is 48.6 Å². The second kappa shape index (κ2) is 8.22. The van der Waals surface area contributed by atoms with Crippen molar-refractivity contribution in [1.82, 2.24) is 10.5 Å². The van der Waals surface area contributed by atoms with Crippen LogP contribution in [0.25, 0.3) is 0 Å². The number of alkyl halides is 3. The molecule has 2 aromatic rings. The minimum Gasteiger partial charge on any atom is -0.481 e. The Hall–Kier alpha value is -2.55. The van der Waals surface area contributed by atoms with E-state index in [9.17, 15) is 18.0 Å². The number of benzene rings is 1. The predicted octanol–water partition coefficient (Wildman–Crippen LogP) is 3.29. The average Bonchev–Trinajstić information content (AvgIpc) is 3.00. The van der Waals surface area contributed by atoms with E-state index in [-0.39, 0.29) is 17.5 Å². The summed E-state index contributed by atoms with van der Waals surface area (Å²) in [5.41, 5.74) is -0.129. The molecular weight excluding hydrogens is 353 g/mol. The fourth-order valence-electron chi connectivity index (χ4n) is 2.83. The number of piperidine rings is 1. The molecule has 0 amide bonds. The Kier molecular flexibility index (Phi) is 6.25. The molecule has 6 nitrogen and oxygen atoms in total. The minimum absolute atomic E-state index is 0.0544. The van der Waals surface area contributed by atoms with Crippen molar-refractivity contribution in [2.24, 2.45) is 0 Å². The van der Waals surface area contributed by atoms with Gasteiger partial charge in [0.2, 0.25) is 0 Å². The summed E-state index contributed by atoms with van der Waals surface area (Å²) in [7, 11) is 0. The number of hydrogen-bond acceptors (Lipinski definition) is 4. The first-order chi connectivity index (χ1) is 12.2. The van der Waals surface area contributed by atoms with Crippen molar-refractivity contribution in [3.05, 3.63) is 57.6 Å². The fourth-order valence-corrected chi connectivity index (χ4v) is 2.83. The molecular formula is C17H19F3N2O4. The van der Waals surface area contributed by atoms with Crippen LogP contribution in [0.2, 0.25) is 0 Å². The number of carbonyl (C=O) groups is 1. The molecule has 2 heterocycles. The van der Waals surface area contributed by atoms with Crippen LogP contribution in [0.4, 0.5) is 13.2 Å². The van der Waals surface area contributed by atoms with Crippen molar-refractivity contribution in [2.45, 2.75) is 37.9 Å². The molecule has 1 saturated heterocycles. The van der Waals surface area contributed by atoms with Gasteiger partial charge in [-0.15, -0.1) is 0 Å². The van der Waals surface area contributed by atoms with Gasteiger partial charge in [-0.1, -0.05) is 12.1 Å². The quantitative estimate of drug-likeness (QED) is 0.752. The maximum absolute atomic E-state index is 12.6. The van der Waals surface area contributed by atoms with Gasteiger partial charge >= 0.3 is 6.18 Å². The summed E-state index contributed by atoms with van der Waals surface area (Å²) in [4.78, 5) is 20.1. The molecule has 26 heavy (non-hydrogen) atoms. The molecule has 1 fully saturated rings. The molecule has 0 unspecified atom stereocenters. The van der Waals surface area contributed by atoms with E-state index >= 15 is 0 Å². The van der Waals surface area contributed by atoms with E-state index in [4.69, 9.17) is 14.4 Å². The van der Waals surface area contributed by atoms with Crippen molar-refractivity contribution >= 4 is 5.97 Å². The van der Waals surface area contributed by atoms with Crippen molar-refractivity contribution < 1.29 is 27.6 Å². The summed E-state index contributed by atoms with van der Waals surface area (Å²) in [5, 5.41) is 13.0. The maximum atomic E-state index is 12.6. The lowest BCUT2D eigenvalue weighted by atomic mass is 9.87. The van der Waals surface area contributed by atoms with E-state index in [1.54, 1.807) is 0 Å². The highest BCUT2D eigenvalue weighted by Crippen LogP contribution is 2.35. The van der Waals surface area contributed by atoms with Crippen LogP contribution in [0.15, 0.2) is 39.6 Å². The normalized spacial score (nSPS) is 20.2. The molecule has 1 aromatic carbocycles. The number of H-pyrrole nitrogens is 1. The lowest BCUT2D eigenvalue weighted by Gasteiger charge is -2.29. The number of carboxylic acid groups (broad SMARTS) is 1. The van der Waals surface area contributed by atoms with Gasteiger partial charge in [0.25, 0.3) is 11.5 Å². The van der Waals surface area contributed by atoms with Gasteiger partial charge in [-0.2, -0.15) is 18.3 Å². The highest BCUT2D eigenvalue weighted by Gasteiger charge is 2.31. The van der Waals surface area contributed by atoms with Gasteiger partial charge in [-0.25, -0.2) is 0 Å². The summed E-state index contributed by atoms with van der Waals surface area (Å²) >= 11 is 0. The molecule has 9 heteroatoms. The minimum atomic E-state index is -4.32. The Labute approximate surface area is 147 Å². The molecule has 0 saturated carbocycles. The topological polar surface area (TPSA) is 95.3 Å². The SMILES string of the molecule is CC(=O)O.O=c1cc([C@@H]2CCN[C@@H](c3ccc(C(F)(F)F)cc3)C2)o[nH]1. The number of rotatable bonds is 2. The van der Waals surface area contributed by atoms with Crippen molar-refractivity contribution in [2.75, 3.05) is 6.54 Å². The number of halogens is 3. The van der Waals surface area contributed by atoms with E-state index < -0.39 is 17.7 Å². The molecule has 0 bridgehead atoms. The van der Waals surface area contributed by atoms with Gasteiger partial charge in [-0.3, -0.25) is 9.59 Å². The van der Waals surface area contributed by atoms with E-state index in [1.807, 2.05) is 0 Å². The van der Waals surface area contributed by atoms with Crippen LogP contribution in [-0.4, -0.2) is 22.8 Å². The first-order valence-corrected chi connectivity index (χ1v) is 7.95. The Morgan fingerprint density at radius 3 is 2.38 bits per heavy atom. The van der Waals surface area contributed by atoms with Gasteiger partial charge < -0.3 is 14.9 Å². The van der Waals surface area contributed by atoms with Crippen LogP contribution in [-0.2, 0) is 11.0 Å². The Bertz CT molecular complexity index is 776. The van der Waals surface area contributed by atoms with Gasteiger partial charge in [0.1, 0.15) is 5.76 Å². The summed E-state index contributed by atoms with van der Waals surface area (Å²) < 4.78 is 42.9. The van der Waals surface area contributed by atoms with Crippen molar-refractivity contribution in [3.8, 4) is 0 Å². The number of aromatic amines is 1. The van der Waals surface area contributed by atoms with Crippen molar-refractivity contribution in [1.29, 1.82) is 0 Å². The third kappa shape index (κ3) is 5.48. The molecule has 142 valence electrons. The molecule has 3 N–H and O–H groups in total. The average molecular weight is 372 g/mol. The molecule has 1 aromatic heterocycles. The zero-order valence-electron chi connectivity index (χ0n) is 14.0. The van der Waals surface area contributed by atoms with Crippen LogP contribution in [0.3, 0.4) is 0 Å². The molecule has 1 aliphatic rings. The number of aromatic nitrogens is 1. The number of aliphatic carboxylic acids is 1. The third-order valence-corrected chi connectivity index (χ3v) is 3.99. The van der Waals surface area contributed by atoms with E-state index in [1.165, 1.54) is 18.2 Å².